The van der Waals surface area contributed by atoms with E-state index in [0.29, 0.717) is 35.7 Å². The number of methoxy groups -OCH3 is 3. The van der Waals surface area contributed by atoms with Crippen LogP contribution in [0.3, 0.4) is 0 Å². The van der Waals surface area contributed by atoms with Gasteiger partial charge in [-0.15, -0.1) is 0 Å². The lowest BCUT2D eigenvalue weighted by Gasteiger charge is -2.15. The standard InChI is InChI=1S/C23H23N3O5S/c1-29-13-20-18-11-22(31-3)21(30-2)10-17(18)15(12-24-20)9-16-8-7-14-5-4-6-19(23(14)25-16)26-32(27)28/h4-8,10-12,26H,9,13H2,1-3H3,(H,27,28)/p-1. The number of rotatable bonds is 8. The van der Waals surface area contributed by atoms with Gasteiger partial charge in [0.2, 0.25) is 0 Å². The van der Waals surface area contributed by atoms with Crippen molar-refractivity contribution in [3.05, 3.63) is 65.6 Å². The molecule has 0 radical (unpaired) electrons. The Labute approximate surface area is 188 Å². The summed E-state index contributed by atoms with van der Waals surface area (Å²) in [5, 5.41) is 2.71. The van der Waals surface area contributed by atoms with Crippen molar-refractivity contribution < 1.29 is 23.0 Å². The summed E-state index contributed by atoms with van der Waals surface area (Å²) in [4.78, 5) is 9.32. The van der Waals surface area contributed by atoms with E-state index in [0.717, 1.165) is 33.1 Å². The number of benzene rings is 2. The first-order valence-electron chi connectivity index (χ1n) is 9.80. The zero-order chi connectivity index (χ0) is 22.7. The zero-order valence-electron chi connectivity index (χ0n) is 17.9. The summed E-state index contributed by atoms with van der Waals surface area (Å²) in [5.74, 6) is 1.23. The molecule has 0 spiro atoms. The minimum atomic E-state index is -2.44. The minimum Gasteiger partial charge on any atom is -0.755 e. The molecule has 1 unspecified atom stereocenters. The van der Waals surface area contributed by atoms with Gasteiger partial charge in [-0.05, 0) is 35.2 Å². The van der Waals surface area contributed by atoms with Crippen molar-refractivity contribution in [2.45, 2.75) is 13.0 Å². The number of anilines is 1. The van der Waals surface area contributed by atoms with Gasteiger partial charge in [-0.3, -0.25) is 14.2 Å². The Morgan fingerprint density at radius 2 is 1.78 bits per heavy atom. The molecule has 1 atom stereocenters. The zero-order valence-corrected chi connectivity index (χ0v) is 18.7. The van der Waals surface area contributed by atoms with Crippen molar-refractivity contribution in [3.8, 4) is 11.5 Å². The maximum Gasteiger partial charge on any atom is 0.161 e. The monoisotopic (exact) mass is 452 g/mol. The molecule has 32 heavy (non-hydrogen) atoms. The normalized spacial score (nSPS) is 12.1. The molecule has 4 rings (SSSR count). The molecule has 8 nitrogen and oxygen atoms in total. The molecule has 2 aromatic heterocycles. The lowest BCUT2D eigenvalue weighted by atomic mass is 10.00. The van der Waals surface area contributed by atoms with E-state index in [2.05, 4.69) is 9.71 Å². The summed E-state index contributed by atoms with van der Waals surface area (Å²) < 4.78 is 41.0. The van der Waals surface area contributed by atoms with Gasteiger partial charge in [0.05, 0.1) is 37.7 Å². The van der Waals surface area contributed by atoms with Gasteiger partial charge >= 0.3 is 0 Å². The predicted molar refractivity (Wildman–Crippen MR) is 123 cm³/mol. The number of pyridine rings is 2. The van der Waals surface area contributed by atoms with Crippen LogP contribution < -0.4 is 14.2 Å². The van der Waals surface area contributed by atoms with Crippen molar-refractivity contribution in [2.24, 2.45) is 0 Å². The molecular weight excluding hydrogens is 430 g/mol. The highest BCUT2D eigenvalue weighted by Crippen LogP contribution is 2.35. The molecule has 1 N–H and O–H groups in total. The molecule has 0 bridgehead atoms. The number of ether oxygens (including phenoxy) is 3. The topological polar surface area (TPSA) is 106 Å². The second-order valence-corrected chi connectivity index (χ2v) is 7.78. The molecule has 0 amide bonds. The van der Waals surface area contributed by atoms with Crippen LogP contribution in [0.2, 0.25) is 0 Å². The fraction of sp³-hybridized carbons (Fsp3) is 0.217. The van der Waals surface area contributed by atoms with Crippen LogP contribution in [0.15, 0.2) is 48.7 Å². The van der Waals surface area contributed by atoms with Crippen LogP contribution in [0, 0.1) is 0 Å². The van der Waals surface area contributed by atoms with E-state index in [9.17, 15) is 8.76 Å². The third kappa shape index (κ3) is 4.36. The van der Waals surface area contributed by atoms with Crippen LogP contribution in [0.5, 0.6) is 11.5 Å². The largest absolute Gasteiger partial charge is 0.755 e. The average molecular weight is 453 g/mol. The molecule has 2 aromatic carbocycles. The van der Waals surface area contributed by atoms with Crippen molar-refractivity contribution in [1.82, 2.24) is 9.97 Å². The Balaban J connectivity index is 1.82. The summed E-state index contributed by atoms with van der Waals surface area (Å²) >= 11 is -2.44. The van der Waals surface area contributed by atoms with Crippen LogP contribution >= 0.6 is 0 Å². The Morgan fingerprint density at radius 3 is 2.47 bits per heavy atom. The van der Waals surface area contributed by atoms with E-state index in [-0.39, 0.29) is 0 Å². The molecule has 0 saturated carbocycles. The summed E-state index contributed by atoms with van der Waals surface area (Å²) in [5.41, 5.74) is 3.54. The molecule has 4 aromatic rings. The Hall–Kier alpha value is -3.27. The van der Waals surface area contributed by atoms with Crippen molar-refractivity contribution in [3.63, 3.8) is 0 Å². The minimum absolute atomic E-state index is 0.363. The molecular formula is C23H22N3O5S-. The fourth-order valence-corrected chi connectivity index (χ4v) is 4.07. The molecule has 9 heteroatoms. The van der Waals surface area contributed by atoms with Gasteiger partial charge in [-0.1, -0.05) is 18.2 Å². The van der Waals surface area contributed by atoms with E-state index in [1.807, 2.05) is 36.5 Å². The fourth-order valence-electron chi connectivity index (χ4n) is 3.72. The molecule has 0 aliphatic heterocycles. The first-order valence-corrected chi connectivity index (χ1v) is 10.9. The van der Waals surface area contributed by atoms with Gasteiger partial charge in [0.15, 0.2) is 11.5 Å². The average Bonchev–Trinajstić information content (AvgIpc) is 2.80. The van der Waals surface area contributed by atoms with Gasteiger partial charge in [-0.25, -0.2) is 0 Å². The smallest absolute Gasteiger partial charge is 0.161 e. The van der Waals surface area contributed by atoms with E-state index in [4.69, 9.17) is 19.2 Å². The van der Waals surface area contributed by atoms with Gasteiger partial charge in [0.25, 0.3) is 0 Å². The number of para-hydroxylation sites is 1. The SMILES string of the molecule is COCc1ncc(Cc2ccc3cccc(NS(=O)[O-])c3n2)c2cc(OC)c(OC)cc12. The molecule has 0 aliphatic carbocycles. The number of hydrogen-bond acceptors (Lipinski definition) is 7. The Kier molecular flexibility index (Phi) is 6.50. The summed E-state index contributed by atoms with van der Waals surface area (Å²) in [6, 6.07) is 13.0. The van der Waals surface area contributed by atoms with E-state index in [1.54, 1.807) is 33.5 Å². The van der Waals surface area contributed by atoms with Crippen LogP contribution in [0.25, 0.3) is 21.7 Å². The second-order valence-electron chi connectivity index (χ2n) is 7.11. The Morgan fingerprint density at radius 1 is 1.03 bits per heavy atom. The van der Waals surface area contributed by atoms with Gasteiger partial charge < -0.3 is 23.5 Å². The number of fused-ring (bicyclic) bond motifs is 2. The van der Waals surface area contributed by atoms with E-state index in [1.165, 1.54) is 0 Å². The van der Waals surface area contributed by atoms with Gasteiger partial charge in [0, 0.05) is 47.5 Å². The van der Waals surface area contributed by atoms with E-state index < -0.39 is 11.3 Å². The van der Waals surface area contributed by atoms with Crippen molar-refractivity contribution in [1.29, 1.82) is 0 Å². The first kappa shape index (κ1) is 21.9. The van der Waals surface area contributed by atoms with Crippen LogP contribution in [0.1, 0.15) is 17.0 Å². The lowest BCUT2D eigenvalue weighted by Crippen LogP contribution is -2.04. The quantitative estimate of drug-likeness (QED) is 0.406. The third-order valence-corrected chi connectivity index (χ3v) is 5.57. The summed E-state index contributed by atoms with van der Waals surface area (Å²) in [6.45, 7) is 0.363. The second kappa shape index (κ2) is 9.47. The van der Waals surface area contributed by atoms with Crippen LogP contribution in [0.4, 0.5) is 5.69 Å². The lowest BCUT2D eigenvalue weighted by molar-refractivity contribution is 0.182. The summed E-state index contributed by atoms with van der Waals surface area (Å²) in [7, 11) is 4.82. The van der Waals surface area contributed by atoms with Crippen LogP contribution in [-0.2, 0) is 29.0 Å². The van der Waals surface area contributed by atoms with Crippen molar-refractivity contribution >= 4 is 38.6 Å². The number of nitrogens with one attached hydrogen (secondary N) is 1. The maximum absolute atomic E-state index is 11.2. The highest BCUT2D eigenvalue weighted by Gasteiger charge is 2.15. The van der Waals surface area contributed by atoms with Crippen molar-refractivity contribution in [2.75, 3.05) is 26.1 Å². The molecule has 2 heterocycles. The number of aromatic nitrogens is 2. The van der Waals surface area contributed by atoms with Crippen LogP contribution in [-0.4, -0.2) is 40.1 Å². The highest BCUT2D eigenvalue weighted by atomic mass is 32.2. The molecule has 166 valence electrons. The maximum atomic E-state index is 11.2. The predicted octanol–water partition coefficient (Wildman–Crippen LogP) is 3.74. The third-order valence-electron chi connectivity index (χ3n) is 5.18. The van der Waals surface area contributed by atoms with Gasteiger partial charge in [-0.2, -0.15) is 0 Å². The molecule has 0 fully saturated rings. The molecule has 0 saturated heterocycles. The molecule has 0 aliphatic rings. The summed E-state index contributed by atoms with van der Waals surface area (Å²) in [6.07, 6.45) is 2.31. The van der Waals surface area contributed by atoms with E-state index >= 15 is 0 Å². The first-order chi connectivity index (χ1) is 15.5. The van der Waals surface area contributed by atoms with Gasteiger partial charge in [0.1, 0.15) is 0 Å². The Bertz CT molecular complexity index is 1310. The highest BCUT2D eigenvalue weighted by molar-refractivity contribution is 7.80. The number of nitrogens with zero attached hydrogens (tertiary/aromatic N) is 2. The number of hydrogen-bond donors (Lipinski definition) is 1.